The van der Waals surface area contributed by atoms with Crippen LogP contribution in [0, 0.1) is 0 Å². The quantitative estimate of drug-likeness (QED) is 0.444. The number of aliphatic hydroxyl groups excluding tert-OH is 1. The maximum absolute atomic E-state index is 8.99. The summed E-state index contributed by atoms with van der Waals surface area (Å²) in [5, 5.41) is 14.2. The lowest BCUT2D eigenvalue weighted by Crippen LogP contribution is -2.34. The normalized spacial score (nSPS) is 27.6. The van der Waals surface area contributed by atoms with E-state index in [4.69, 9.17) is 5.11 Å². The predicted molar refractivity (Wildman–Crippen MR) is 30.0 cm³/mol. The molecule has 0 saturated heterocycles. The van der Waals surface area contributed by atoms with Gasteiger partial charge in [-0.05, 0) is 0 Å². The van der Waals surface area contributed by atoms with Gasteiger partial charge in [-0.1, -0.05) is 0 Å². The van der Waals surface area contributed by atoms with Crippen LogP contribution in [0.1, 0.15) is 0 Å². The first-order valence-electron chi connectivity index (χ1n) is 2.39. The van der Waals surface area contributed by atoms with E-state index in [0.717, 1.165) is 0 Å². The first kappa shape index (κ1) is 5.37. The van der Waals surface area contributed by atoms with Gasteiger partial charge in [0.2, 0.25) is 6.35 Å². The summed E-state index contributed by atoms with van der Waals surface area (Å²) >= 11 is 0. The SMILES string of the molecule is CN1C=NN(C)C1O. The van der Waals surface area contributed by atoms with Crippen molar-refractivity contribution in [1.82, 2.24) is 9.91 Å². The Hall–Kier alpha value is -0.770. The second-order valence-electron chi connectivity index (χ2n) is 1.82. The van der Waals surface area contributed by atoms with Gasteiger partial charge in [0.15, 0.2) is 0 Å². The van der Waals surface area contributed by atoms with Crippen molar-refractivity contribution in [2.24, 2.45) is 5.10 Å². The highest BCUT2D eigenvalue weighted by molar-refractivity contribution is 5.55. The minimum absolute atomic E-state index is 0.574. The lowest BCUT2D eigenvalue weighted by atomic mass is 10.8. The number of aliphatic hydroxyl groups is 1. The third-order valence-electron chi connectivity index (χ3n) is 1.11. The zero-order valence-corrected chi connectivity index (χ0v) is 4.94. The predicted octanol–water partition coefficient (Wildman–Crippen LogP) is -0.917. The van der Waals surface area contributed by atoms with Crippen molar-refractivity contribution in [2.45, 2.75) is 6.35 Å². The average Bonchev–Trinajstić information content (AvgIpc) is 1.98. The fourth-order valence-corrected chi connectivity index (χ4v) is 0.546. The molecule has 0 spiro atoms. The molecule has 0 amide bonds. The molecule has 1 N–H and O–H groups in total. The summed E-state index contributed by atoms with van der Waals surface area (Å²) in [5.41, 5.74) is 0. The number of hydrogen-bond donors (Lipinski definition) is 1. The van der Waals surface area contributed by atoms with Crippen LogP contribution in [0.25, 0.3) is 0 Å². The Balaban J connectivity index is 2.55. The summed E-state index contributed by atoms with van der Waals surface area (Å²) in [4.78, 5) is 1.61. The molecular formula is C4H9N3O. The molecule has 0 aromatic rings. The van der Waals surface area contributed by atoms with Gasteiger partial charge in [0, 0.05) is 14.1 Å². The van der Waals surface area contributed by atoms with Crippen molar-refractivity contribution in [2.75, 3.05) is 14.1 Å². The lowest BCUT2D eigenvalue weighted by molar-refractivity contribution is -0.0338. The van der Waals surface area contributed by atoms with Crippen LogP contribution in [-0.2, 0) is 0 Å². The van der Waals surface area contributed by atoms with E-state index in [1.54, 1.807) is 25.3 Å². The Bertz CT molecular complexity index is 102. The molecule has 1 aliphatic heterocycles. The smallest absolute Gasteiger partial charge is 0.223 e. The molecule has 0 saturated carbocycles. The summed E-state index contributed by atoms with van der Waals surface area (Å²) in [7, 11) is 3.47. The minimum Gasteiger partial charge on any atom is -0.355 e. The minimum atomic E-state index is -0.574. The molecule has 1 rings (SSSR count). The van der Waals surface area contributed by atoms with Gasteiger partial charge in [-0.2, -0.15) is 5.10 Å². The molecular weight excluding hydrogens is 106 g/mol. The van der Waals surface area contributed by atoms with Crippen molar-refractivity contribution in [3.8, 4) is 0 Å². The van der Waals surface area contributed by atoms with E-state index in [9.17, 15) is 0 Å². The van der Waals surface area contributed by atoms with E-state index in [-0.39, 0.29) is 0 Å². The van der Waals surface area contributed by atoms with E-state index in [1.165, 1.54) is 5.01 Å². The molecule has 4 heteroatoms. The third-order valence-corrected chi connectivity index (χ3v) is 1.11. The van der Waals surface area contributed by atoms with Gasteiger partial charge in [0.05, 0.1) is 0 Å². The Labute approximate surface area is 48.0 Å². The largest absolute Gasteiger partial charge is 0.355 e. The molecule has 4 nitrogen and oxygen atoms in total. The molecule has 1 heterocycles. The highest BCUT2D eigenvalue weighted by Crippen LogP contribution is 2.01. The van der Waals surface area contributed by atoms with Gasteiger partial charge >= 0.3 is 0 Å². The summed E-state index contributed by atoms with van der Waals surface area (Å²) in [5.74, 6) is 0. The lowest BCUT2D eigenvalue weighted by Gasteiger charge is -2.17. The van der Waals surface area contributed by atoms with Gasteiger partial charge in [0.1, 0.15) is 6.34 Å². The van der Waals surface area contributed by atoms with Crippen LogP contribution in [0.2, 0.25) is 0 Å². The van der Waals surface area contributed by atoms with E-state index < -0.39 is 6.35 Å². The maximum Gasteiger partial charge on any atom is 0.223 e. The van der Waals surface area contributed by atoms with E-state index in [1.807, 2.05) is 0 Å². The molecule has 46 valence electrons. The average molecular weight is 115 g/mol. The molecule has 0 aromatic carbocycles. The molecule has 1 aliphatic rings. The molecule has 8 heavy (non-hydrogen) atoms. The third kappa shape index (κ3) is 0.626. The molecule has 0 aliphatic carbocycles. The van der Waals surface area contributed by atoms with Gasteiger partial charge in [-0.15, -0.1) is 0 Å². The fourth-order valence-electron chi connectivity index (χ4n) is 0.546. The zero-order valence-electron chi connectivity index (χ0n) is 4.94. The first-order valence-corrected chi connectivity index (χ1v) is 2.39. The first-order chi connectivity index (χ1) is 3.72. The zero-order chi connectivity index (χ0) is 6.15. The standard InChI is InChI=1S/C4H9N3O/c1-6-3-5-7(2)4(6)8/h3-4,8H,1-2H3. The van der Waals surface area contributed by atoms with Gasteiger partial charge in [-0.3, -0.25) is 5.01 Å². The van der Waals surface area contributed by atoms with Crippen molar-refractivity contribution in [1.29, 1.82) is 0 Å². The number of nitrogens with zero attached hydrogens (tertiary/aromatic N) is 3. The summed E-state index contributed by atoms with van der Waals surface area (Å²) in [6, 6.07) is 0. The van der Waals surface area contributed by atoms with Crippen LogP contribution in [-0.4, -0.2) is 41.8 Å². The monoisotopic (exact) mass is 115 g/mol. The molecule has 0 fully saturated rings. The molecule has 0 aromatic heterocycles. The van der Waals surface area contributed by atoms with Crippen LogP contribution >= 0.6 is 0 Å². The van der Waals surface area contributed by atoms with Gasteiger partial charge < -0.3 is 10.0 Å². The van der Waals surface area contributed by atoms with Crippen LogP contribution in [0.3, 0.4) is 0 Å². The van der Waals surface area contributed by atoms with E-state index in [0.29, 0.717) is 0 Å². The Kier molecular flexibility index (Phi) is 1.09. The molecule has 1 atom stereocenters. The van der Waals surface area contributed by atoms with Crippen LogP contribution < -0.4 is 0 Å². The molecule has 0 bridgehead atoms. The topological polar surface area (TPSA) is 39.1 Å². The number of hydrogen-bond acceptors (Lipinski definition) is 4. The fraction of sp³-hybridized carbons (Fsp3) is 0.750. The van der Waals surface area contributed by atoms with Gasteiger partial charge in [0.25, 0.3) is 0 Å². The second kappa shape index (κ2) is 1.63. The molecule has 0 radical (unpaired) electrons. The van der Waals surface area contributed by atoms with Crippen LogP contribution in [0.15, 0.2) is 5.10 Å². The van der Waals surface area contributed by atoms with E-state index in [2.05, 4.69) is 5.10 Å². The van der Waals surface area contributed by atoms with Gasteiger partial charge in [-0.25, -0.2) is 0 Å². The second-order valence-corrected chi connectivity index (χ2v) is 1.82. The summed E-state index contributed by atoms with van der Waals surface area (Å²) in [6.45, 7) is 0. The molecule has 1 unspecified atom stereocenters. The van der Waals surface area contributed by atoms with Crippen molar-refractivity contribution in [3.63, 3.8) is 0 Å². The van der Waals surface area contributed by atoms with Crippen LogP contribution in [0.4, 0.5) is 0 Å². The highest BCUT2D eigenvalue weighted by Gasteiger charge is 2.16. The van der Waals surface area contributed by atoms with Crippen LogP contribution in [0.5, 0.6) is 0 Å². The number of hydrazone groups is 1. The number of rotatable bonds is 0. The van der Waals surface area contributed by atoms with Crippen molar-refractivity contribution >= 4 is 6.34 Å². The Morgan fingerprint density at radius 2 is 2.25 bits per heavy atom. The summed E-state index contributed by atoms with van der Waals surface area (Å²) in [6.07, 6.45) is 1.000. The van der Waals surface area contributed by atoms with E-state index >= 15 is 0 Å². The van der Waals surface area contributed by atoms with Crippen molar-refractivity contribution in [3.05, 3.63) is 0 Å². The Morgan fingerprint density at radius 3 is 2.38 bits per heavy atom. The van der Waals surface area contributed by atoms with Crippen molar-refractivity contribution < 1.29 is 5.11 Å². The Morgan fingerprint density at radius 1 is 1.62 bits per heavy atom. The highest BCUT2D eigenvalue weighted by atomic mass is 16.3. The summed E-state index contributed by atoms with van der Waals surface area (Å²) < 4.78 is 0. The maximum atomic E-state index is 8.99.